The van der Waals surface area contributed by atoms with Gasteiger partial charge in [0, 0.05) is 11.2 Å². The summed E-state index contributed by atoms with van der Waals surface area (Å²) in [6, 6.07) is 8.48. The van der Waals surface area contributed by atoms with Gasteiger partial charge in [-0.05, 0) is 44.7 Å². The third kappa shape index (κ3) is 3.50. The van der Waals surface area contributed by atoms with Crippen LogP contribution in [0.1, 0.15) is 26.7 Å². The first-order chi connectivity index (χ1) is 9.40. The fourth-order valence-electron chi connectivity index (χ4n) is 2.27. The first-order valence-corrected chi connectivity index (χ1v) is 6.76. The number of benzene rings is 1. The molecule has 108 valence electrons. The van der Waals surface area contributed by atoms with E-state index in [9.17, 15) is 9.59 Å². The number of carboxylic acids is 1. The first kappa shape index (κ1) is 14.4. The second-order valence-electron chi connectivity index (χ2n) is 5.74. The molecule has 20 heavy (non-hydrogen) atoms. The quantitative estimate of drug-likeness (QED) is 0.868. The van der Waals surface area contributed by atoms with E-state index in [0.717, 1.165) is 12.8 Å². The predicted octanol–water partition coefficient (Wildman–Crippen LogP) is 2.48. The van der Waals surface area contributed by atoms with Crippen molar-refractivity contribution in [2.75, 3.05) is 11.4 Å². The summed E-state index contributed by atoms with van der Waals surface area (Å²) in [6.45, 7) is 3.61. The molecule has 1 fully saturated rings. The number of aliphatic carboxylic acids is 1. The smallest absolute Gasteiger partial charge is 0.323 e. The molecule has 5 nitrogen and oxygen atoms in total. The van der Waals surface area contributed by atoms with Gasteiger partial charge in [-0.15, -0.1) is 0 Å². The van der Waals surface area contributed by atoms with Crippen molar-refractivity contribution in [2.24, 2.45) is 5.92 Å². The van der Waals surface area contributed by atoms with E-state index in [-0.39, 0.29) is 18.1 Å². The van der Waals surface area contributed by atoms with Gasteiger partial charge in [0.15, 0.2) is 0 Å². The first-order valence-electron chi connectivity index (χ1n) is 6.76. The number of rotatable bonds is 5. The van der Waals surface area contributed by atoms with E-state index in [1.54, 1.807) is 24.3 Å². The van der Waals surface area contributed by atoms with Crippen molar-refractivity contribution in [3.8, 4) is 0 Å². The largest absolute Gasteiger partial charge is 0.480 e. The maximum atomic E-state index is 12.4. The van der Waals surface area contributed by atoms with Crippen LogP contribution in [-0.4, -0.2) is 29.2 Å². The van der Waals surface area contributed by atoms with Crippen molar-refractivity contribution >= 4 is 17.7 Å². The second-order valence-corrected chi connectivity index (χ2v) is 5.74. The summed E-state index contributed by atoms with van der Waals surface area (Å²) >= 11 is 0. The van der Waals surface area contributed by atoms with Gasteiger partial charge in [0.05, 0.1) is 0 Å². The van der Waals surface area contributed by atoms with Crippen molar-refractivity contribution in [1.82, 2.24) is 5.32 Å². The second kappa shape index (κ2) is 5.53. The Kier molecular flexibility index (Phi) is 3.97. The molecule has 5 heteroatoms. The summed E-state index contributed by atoms with van der Waals surface area (Å²) in [5, 5.41) is 11.9. The Morgan fingerprint density at radius 3 is 2.40 bits per heavy atom. The van der Waals surface area contributed by atoms with Crippen LogP contribution in [0.4, 0.5) is 10.5 Å². The highest BCUT2D eigenvalue weighted by Crippen LogP contribution is 2.39. The molecule has 2 N–H and O–H groups in total. The van der Waals surface area contributed by atoms with Crippen LogP contribution in [0, 0.1) is 5.92 Å². The van der Waals surface area contributed by atoms with Crippen LogP contribution in [0.2, 0.25) is 0 Å². The lowest BCUT2D eigenvalue weighted by atomic mass is 9.99. The van der Waals surface area contributed by atoms with Gasteiger partial charge in [0.25, 0.3) is 0 Å². The zero-order chi connectivity index (χ0) is 14.8. The fourth-order valence-corrected chi connectivity index (χ4v) is 2.27. The highest BCUT2D eigenvalue weighted by Gasteiger charge is 2.39. The number of carbonyl (C=O) groups excluding carboxylic acids is 1. The number of carbonyl (C=O) groups is 2. The monoisotopic (exact) mass is 276 g/mol. The number of hydrogen-bond donors (Lipinski definition) is 2. The average Bonchev–Trinajstić information content (AvgIpc) is 3.20. The lowest BCUT2D eigenvalue weighted by Gasteiger charge is -2.30. The van der Waals surface area contributed by atoms with Gasteiger partial charge in [-0.3, -0.25) is 9.69 Å². The highest BCUT2D eigenvalue weighted by molar-refractivity contribution is 5.96. The number of para-hydroxylation sites is 1. The summed E-state index contributed by atoms with van der Waals surface area (Å²) < 4.78 is 0. The minimum atomic E-state index is -1.03. The van der Waals surface area contributed by atoms with Crippen LogP contribution in [0.5, 0.6) is 0 Å². The molecule has 0 unspecified atom stereocenters. The molecular weight excluding hydrogens is 256 g/mol. The molecule has 0 spiro atoms. The molecule has 0 heterocycles. The Morgan fingerprint density at radius 1 is 1.30 bits per heavy atom. The van der Waals surface area contributed by atoms with Crippen molar-refractivity contribution in [3.05, 3.63) is 30.3 Å². The molecule has 1 aliphatic carbocycles. The predicted molar refractivity (Wildman–Crippen MR) is 76.8 cm³/mol. The standard InChI is InChI=1S/C15H20N2O3/c1-15(2,11-8-9-11)16-14(20)17(10-13(18)19)12-6-4-3-5-7-12/h3-7,11H,8-10H2,1-2H3,(H,16,20)(H,18,19). The minimum absolute atomic E-state index is 0.303. The molecule has 2 rings (SSSR count). The van der Waals surface area contributed by atoms with Crippen molar-refractivity contribution in [3.63, 3.8) is 0 Å². The van der Waals surface area contributed by atoms with Crippen LogP contribution in [0.25, 0.3) is 0 Å². The van der Waals surface area contributed by atoms with Gasteiger partial charge in [0.1, 0.15) is 6.54 Å². The SMILES string of the molecule is CC(C)(NC(=O)N(CC(=O)O)c1ccccc1)C1CC1. The van der Waals surface area contributed by atoms with E-state index >= 15 is 0 Å². The summed E-state index contributed by atoms with van der Waals surface area (Å²) in [4.78, 5) is 24.6. The maximum absolute atomic E-state index is 12.4. The molecule has 1 aromatic carbocycles. The average molecular weight is 276 g/mol. The van der Waals surface area contributed by atoms with E-state index < -0.39 is 5.97 Å². The lowest BCUT2D eigenvalue weighted by molar-refractivity contribution is -0.135. The number of hydrogen-bond acceptors (Lipinski definition) is 2. The zero-order valence-electron chi connectivity index (χ0n) is 11.8. The number of urea groups is 1. The molecule has 1 saturated carbocycles. The Balaban J connectivity index is 2.14. The number of nitrogens with one attached hydrogen (secondary N) is 1. The summed E-state index contributed by atoms with van der Waals surface area (Å²) in [6.07, 6.45) is 2.22. The van der Waals surface area contributed by atoms with E-state index in [2.05, 4.69) is 5.32 Å². The Morgan fingerprint density at radius 2 is 1.90 bits per heavy atom. The maximum Gasteiger partial charge on any atom is 0.323 e. The zero-order valence-corrected chi connectivity index (χ0v) is 11.8. The van der Waals surface area contributed by atoms with Crippen molar-refractivity contribution < 1.29 is 14.7 Å². The third-order valence-corrected chi connectivity index (χ3v) is 3.63. The summed E-state index contributed by atoms with van der Waals surface area (Å²) in [5.74, 6) is -0.554. The van der Waals surface area contributed by atoms with Gasteiger partial charge >= 0.3 is 12.0 Å². The van der Waals surface area contributed by atoms with Crippen LogP contribution in [0.15, 0.2) is 30.3 Å². The third-order valence-electron chi connectivity index (χ3n) is 3.63. The van der Waals surface area contributed by atoms with Gasteiger partial charge in [-0.1, -0.05) is 18.2 Å². The molecule has 2 amide bonds. The van der Waals surface area contributed by atoms with Gasteiger partial charge in [-0.2, -0.15) is 0 Å². The van der Waals surface area contributed by atoms with E-state index in [1.165, 1.54) is 4.90 Å². The van der Waals surface area contributed by atoms with E-state index in [1.807, 2.05) is 19.9 Å². The molecule has 0 atom stereocenters. The molecule has 1 aromatic rings. The molecule has 0 aliphatic heterocycles. The van der Waals surface area contributed by atoms with Crippen LogP contribution in [0.3, 0.4) is 0 Å². The van der Waals surface area contributed by atoms with Crippen molar-refractivity contribution in [1.29, 1.82) is 0 Å². The number of nitrogens with zero attached hydrogens (tertiary/aromatic N) is 1. The lowest BCUT2D eigenvalue weighted by Crippen LogP contribution is -2.52. The molecule has 0 radical (unpaired) electrons. The number of anilines is 1. The van der Waals surface area contributed by atoms with Gasteiger partial charge in [-0.25, -0.2) is 4.79 Å². The number of amides is 2. The summed E-state index contributed by atoms with van der Waals surface area (Å²) in [5.41, 5.74) is 0.279. The van der Waals surface area contributed by atoms with E-state index in [4.69, 9.17) is 5.11 Å². The Bertz CT molecular complexity index is 495. The normalized spacial score (nSPS) is 14.7. The molecule has 1 aliphatic rings. The molecule has 0 bridgehead atoms. The van der Waals surface area contributed by atoms with Crippen LogP contribution < -0.4 is 10.2 Å². The van der Waals surface area contributed by atoms with Crippen LogP contribution in [-0.2, 0) is 4.79 Å². The van der Waals surface area contributed by atoms with Crippen molar-refractivity contribution in [2.45, 2.75) is 32.2 Å². The highest BCUT2D eigenvalue weighted by atomic mass is 16.4. The van der Waals surface area contributed by atoms with E-state index in [0.29, 0.717) is 11.6 Å². The molecule has 0 aromatic heterocycles. The Hall–Kier alpha value is -2.04. The molecule has 0 saturated heterocycles. The fraction of sp³-hybridized carbons (Fsp3) is 0.467. The molecular formula is C15H20N2O3. The summed E-state index contributed by atoms with van der Waals surface area (Å²) in [7, 11) is 0. The minimum Gasteiger partial charge on any atom is -0.480 e. The van der Waals surface area contributed by atoms with Gasteiger partial charge < -0.3 is 10.4 Å². The number of carboxylic acid groups (broad SMARTS) is 1. The van der Waals surface area contributed by atoms with Crippen LogP contribution >= 0.6 is 0 Å². The van der Waals surface area contributed by atoms with Gasteiger partial charge in [0.2, 0.25) is 0 Å². The topological polar surface area (TPSA) is 69.6 Å². The Labute approximate surface area is 118 Å².